The minimum absolute atomic E-state index is 0.0842. The van der Waals surface area contributed by atoms with E-state index in [1.54, 1.807) is 34.1 Å². The van der Waals surface area contributed by atoms with E-state index in [4.69, 9.17) is 0 Å². The summed E-state index contributed by atoms with van der Waals surface area (Å²) in [6.45, 7) is 0.256. The lowest BCUT2D eigenvalue weighted by atomic mass is 9.93. The molecule has 0 unspecified atom stereocenters. The fourth-order valence-corrected chi connectivity index (χ4v) is 4.99. The third-order valence-corrected chi connectivity index (χ3v) is 6.49. The normalized spacial score (nSPS) is 24.7. The monoisotopic (exact) mass is 415 g/mol. The van der Waals surface area contributed by atoms with Crippen molar-refractivity contribution in [3.05, 3.63) is 77.9 Å². The van der Waals surface area contributed by atoms with E-state index in [1.807, 2.05) is 36.4 Å². The highest BCUT2D eigenvalue weighted by molar-refractivity contribution is 6.16. The molecule has 6 nitrogen and oxygen atoms in total. The van der Waals surface area contributed by atoms with E-state index in [1.165, 1.54) is 0 Å². The van der Waals surface area contributed by atoms with Crippen LogP contribution in [0.4, 0.5) is 5.69 Å². The lowest BCUT2D eigenvalue weighted by molar-refractivity contribution is -0.134. The van der Waals surface area contributed by atoms with Gasteiger partial charge in [0.05, 0.1) is 11.3 Å². The summed E-state index contributed by atoms with van der Waals surface area (Å²) >= 11 is 0. The molecule has 1 fully saturated rings. The number of nitrogens with zero attached hydrogens (tertiary/aromatic N) is 2. The number of rotatable bonds is 4. The molecule has 5 rings (SSSR count). The largest absolute Gasteiger partial charge is 0.346 e. The summed E-state index contributed by atoms with van der Waals surface area (Å²) in [4.78, 5) is 43.7. The number of hydrogen-bond acceptors (Lipinski definition) is 3. The fourth-order valence-electron chi connectivity index (χ4n) is 4.99. The molecule has 0 saturated carbocycles. The molecule has 0 aromatic heterocycles. The van der Waals surface area contributed by atoms with E-state index < -0.39 is 5.66 Å². The summed E-state index contributed by atoms with van der Waals surface area (Å²) in [6, 6.07) is 16.6. The SMILES string of the molecule is O=C1c2ccccc2N2C(=O)CC[C@]2(C(=O)N[C@H]2C=CCCC2)N1Cc1ccccc1. The number of carbonyl (C=O) groups is 3. The lowest BCUT2D eigenvalue weighted by Crippen LogP contribution is -2.70. The Bertz CT molecular complexity index is 1060. The maximum Gasteiger partial charge on any atom is 0.267 e. The van der Waals surface area contributed by atoms with Crippen molar-refractivity contribution in [3.63, 3.8) is 0 Å². The molecule has 3 amide bonds. The van der Waals surface area contributed by atoms with Crippen molar-refractivity contribution >= 4 is 23.4 Å². The molecule has 2 atom stereocenters. The van der Waals surface area contributed by atoms with Gasteiger partial charge in [-0.25, -0.2) is 0 Å². The molecule has 0 bridgehead atoms. The summed E-state index contributed by atoms with van der Waals surface area (Å²) in [5, 5.41) is 3.12. The number of allylic oxidation sites excluding steroid dienone is 1. The molecule has 1 N–H and O–H groups in total. The van der Waals surface area contributed by atoms with Crippen LogP contribution in [0.1, 0.15) is 48.0 Å². The number of nitrogens with one attached hydrogen (secondary N) is 1. The summed E-state index contributed by atoms with van der Waals surface area (Å²) in [6.07, 6.45) is 7.46. The van der Waals surface area contributed by atoms with Gasteiger partial charge in [0.25, 0.3) is 11.8 Å². The molecule has 2 heterocycles. The molecule has 2 aromatic carbocycles. The van der Waals surface area contributed by atoms with Gasteiger partial charge in [-0.2, -0.15) is 0 Å². The second kappa shape index (κ2) is 7.69. The van der Waals surface area contributed by atoms with Gasteiger partial charge in [-0.1, -0.05) is 54.6 Å². The van der Waals surface area contributed by atoms with Crippen LogP contribution in [-0.2, 0) is 16.1 Å². The van der Waals surface area contributed by atoms with Crippen molar-refractivity contribution in [2.45, 2.75) is 50.4 Å². The van der Waals surface area contributed by atoms with Crippen LogP contribution in [0, 0.1) is 0 Å². The van der Waals surface area contributed by atoms with E-state index >= 15 is 0 Å². The first-order valence-corrected chi connectivity index (χ1v) is 10.9. The van der Waals surface area contributed by atoms with E-state index in [-0.39, 0.29) is 43.1 Å². The molecule has 31 heavy (non-hydrogen) atoms. The number of hydrogen-bond donors (Lipinski definition) is 1. The first-order chi connectivity index (χ1) is 15.1. The van der Waals surface area contributed by atoms with E-state index in [0.29, 0.717) is 11.3 Å². The molecule has 158 valence electrons. The average Bonchev–Trinajstić information content (AvgIpc) is 3.16. The molecule has 3 aliphatic rings. The van der Waals surface area contributed by atoms with Gasteiger partial charge in [-0.05, 0) is 37.0 Å². The number of anilines is 1. The second-order valence-electron chi connectivity index (χ2n) is 8.38. The van der Waals surface area contributed by atoms with Crippen molar-refractivity contribution in [3.8, 4) is 0 Å². The lowest BCUT2D eigenvalue weighted by Gasteiger charge is -2.49. The molecular weight excluding hydrogens is 390 g/mol. The van der Waals surface area contributed by atoms with Crippen LogP contribution in [0.3, 0.4) is 0 Å². The zero-order valence-corrected chi connectivity index (χ0v) is 17.3. The Balaban J connectivity index is 1.62. The van der Waals surface area contributed by atoms with Crippen molar-refractivity contribution in [1.29, 1.82) is 0 Å². The van der Waals surface area contributed by atoms with Gasteiger partial charge in [0.2, 0.25) is 11.6 Å². The van der Waals surface area contributed by atoms with E-state index in [9.17, 15) is 14.4 Å². The predicted octanol–water partition coefficient (Wildman–Crippen LogP) is 3.39. The van der Waals surface area contributed by atoms with E-state index in [2.05, 4.69) is 11.4 Å². The Morgan fingerprint density at radius 2 is 1.84 bits per heavy atom. The Kier molecular flexibility index (Phi) is 4.85. The summed E-state index contributed by atoms with van der Waals surface area (Å²) < 4.78 is 0. The Hall–Kier alpha value is -3.41. The Morgan fingerprint density at radius 3 is 2.61 bits per heavy atom. The van der Waals surface area contributed by atoms with Crippen LogP contribution < -0.4 is 10.2 Å². The number of para-hydroxylation sites is 1. The molecule has 1 saturated heterocycles. The number of fused-ring (bicyclic) bond motifs is 3. The van der Waals surface area contributed by atoms with Gasteiger partial charge in [0.1, 0.15) is 0 Å². The second-order valence-corrected chi connectivity index (χ2v) is 8.38. The minimum Gasteiger partial charge on any atom is -0.346 e. The first kappa shape index (κ1) is 19.5. The van der Waals surface area contributed by atoms with Crippen molar-refractivity contribution in [2.75, 3.05) is 4.90 Å². The highest BCUT2D eigenvalue weighted by atomic mass is 16.2. The highest BCUT2D eigenvalue weighted by Gasteiger charge is 2.60. The third-order valence-electron chi connectivity index (χ3n) is 6.49. The molecule has 6 heteroatoms. The smallest absolute Gasteiger partial charge is 0.267 e. The summed E-state index contributed by atoms with van der Waals surface area (Å²) in [5.41, 5.74) is 0.534. The molecule has 2 aromatic rings. The van der Waals surface area contributed by atoms with Gasteiger partial charge in [-0.3, -0.25) is 19.3 Å². The zero-order chi connectivity index (χ0) is 21.4. The van der Waals surface area contributed by atoms with Crippen molar-refractivity contribution in [1.82, 2.24) is 10.2 Å². The number of benzene rings is 2. The van der Waals surface area contributed by atoms with Gasteiger partial charge < -0.3 is 10.2 Å². The van der Waals surface area contributed by atoms with Crippen LogP contribution in [0.25, 0.3) is 0 Å². The van der Waals surface area contributed by atoms with Crippen molar-refractivity contribution in [2.24, 2.45) is 0 Å². The van der Waals surface area contributed by atoms with Gasteiger partial charge >= 0.3 is 0 Å². The van der Waals surface area contributed by atoms with Crippen LogP contribution in [-0.4, -0.2) is 34.3 Å². The van der Waals surface area contributed by atoms with Crippen LogP contribution in [0.15, 0.2) is 66.7 Å². The maximum absolute atomic E-state index is 13.8. The minimum atomic E-state index is -1.36. The standard InChI is InChI=1S/C25H25N3O3/c29-22-15-16-25(24(31)26-19-11-5-2-6-12-19)27(17-18-9-3-1-4-10-18)23(30)20-13-7-8-14-21(20)28(22)25/h1,3-5,7-11,13-14,19H,2,6,12,15-17H2,(H,26,31)/t19-,25-/m0/s1. The quantitative estimate of drug-likeness (QED) is 0.779. The van der Waals surface area contributed by atoms with Crippen LogP contribution >= 0.6 is 0 Å². The fraction of sp³-hybridized carbons (Fsp3) is 0.320. The Labute approximate surface area is 181 Å². The first-order valence-electron chi connectivity index (χ1n) is 10.9. The van der Waals surface area contributed by atoms with E-state index in [0.717, 1.165) is 24.8 Å². The third kappa shape index (κ3) is 3.14. The molecule has 0 spiro atoms. The van der Waals surface area contributed by atoms with Crippen molar-refractivity contribution < 1.29 is 14.4 Å². The molecule has 1 aliphatic carbocycles. The Morgan fingerprint density at radius 1 is 1.06 bits per heavy atom. The number of amides is 3. The number of carbonyl (C=O) groups excluding carboxylic acids is 3. The molecule has 0 radical (unpaired) electrons. The van der Waals surface area contributed by atoms with Gasteiger partial charge in [0, 0.05) is 25.4 Å². The molecule has 2 aliphatic heterocycles. The predicted molar refractivity (Wildman–Crippen MR) is 117 cm³/mol. The summed E-state index contributed by atoms with van der Waals surface area (Å²) in [5.74, 6) is -0.638. The molecular formula is C25H25N3O3. The van der Waals surface area contributed by atoms with Gasteiger partial charge in [0.15, 0.2) is 0 Å². The zero-order valence-electron chi connectivity index (χ0n) is 17.3. The topological polar surface area (TPSA) is 69.7 Å². The maximum atomic E-state index is 13.8. The van der Waals surface area contributed by atoms with Crippen LogP contribution in [0.2, 0.25) is 0 Å². The van der Waals surface area contributed by atoms with Crippen LogP contribution in [0.5, 0.6) is 0 Å². The average molecular weight is 415 g/mol. The summed E-state index contributed by atoms with van der Waals surface area (Å²) in [7, 11) is 0. The highest BCUT2D eigenvalue weighted by Crippen LogP contribution is 2.45. The van der Waals surface area contributed by atoms with Gasteiger partial charge in [-0.15, -0.1) is 0 Å².